The van der Waals surface area contributed by atoms with Gasteiger partial charge < -0.3 is 10.2 Å². The van der Waals surface area contributed by atoms with Crippen LogP contribution in [0.2, 0.25) is 0 Å². The van der Waals surface area contributed by atoms with Crippen molar-refractivity contribution >= 4 is 18.5 Å². The molecule has 1 aliphatic heterocycles. The second-order valence-corrected chi connectivity index (χ2v) is 7.83. The Kier molecular flexibility index (Phi) is 7.99. The molecule has 2 N–H and O–H groups in total. The lowest BCUT2D eigenvalue weighted by Gasteiger charge is -2.51. The van der Waals surface area contributed by atoms with Crippen LogP contribution in [-0.4, -0.2) is 48.4 Å². The first-order valence-electron chi connectivity index (χ1n) is 9.92. The molecule has 5 heteroatoms. The van der Waals surface area contributed by atoms with Gasteiger partial charge in [-0.25, -0.2) is 0 Å². The Morgan fingerprint density at radius 3 is 2.81 bits per heavy atom. The normalized spacial score (nSPS) is 23.3. The molecule has 1 saturated heterocycles. The van der Waals surface area contributed by atoms with Crippen LogP contribution in [-0.2, 0) is 0 Å². The zero-order valence-corrected chi connectivity index (χ0v) is 17.7. The average molecular weight is 378 g/mol. The van der Waals surface area contributed by atoms with Crippen molar-refractivity contribution < 1.29 is 4.79 Å². The van der Waals surface area contributed by atoms with Crippen molar-refractivity contribution in [2.75, 3.05) is 25.9 Å². The van der Waals surface area contributed by atoms with Gasteiger partial charge in [0, 0.05) is 18.7 Å². The van der Waals surface area contributed by atoms with Gasteiger partial charge >= 0.3 is 0 Å². The zero-order valence-electron chi connectivity index (χ0n) is 16.8. The Morgan fingerprint density at radius 2 is 2.15 bits per heavy atom. The molecule has 1 unspecified atom stereocenters. The molecule has 2 atom stereocenters. The van der Waals surface area contributed by atoms with Crippen LogP contribution in [0.25, 0.3) is 0 Å². The topological polar surface area (TPSA) is 44.4 Å². The van der Waals surface area contributed by atoms with Gasteiger partial charge in [0.05, 0.1) is 11.7 Å². The van der Waals surface area contributed by atoms with Gasteiger partial charge in [0.25, 0.3) is 5.91 Å². The highest BCUT2D eigenvalue weighted by molar-refractivity contribution is 7.80. The number of rotatable bonds is 8. The van der Waals surface area contributed by atoms with E-state index >= 15 is 0 Å². The minimum atomic E-state index is -0.218. The largest absolute Gasteiger partial charge is 0.331 e. The number of hydrogen-bond acceptors (Lipinski definition) is 4. The number of likely N-dealkylation sites (N-methyl/N-ethyl adjacent to an activating group) is 1. The molecule has 1 aliphatic rings. The van der Waals surface area contributed by atoms with Crippen molar-refractivity contribution in [1.29, 1.82) is 0 Å². The Bertz CT molecular complexity index is 607. The minimum absolute atomic E-state index is 0.132. The second kappa shape index (κ2) is 9.77. The van der Waals surface area contributed by atoms with E-state index in [4.69, 9.17) is 0 Å². The third kappa shape index (κ3) is 4.44. The molecule has 1 heterocycles. The number of carbonyl (C=O) groups is 1. The number of aryl methyl sites for hydroxylation is 1. The molecule has 4 nitrogen and oxygen atoms in total. The van der Waals surface area contributed by atoms with Crippen molar-refractivity contribution in [1.82, 2.24) is 15.5 Å². The van der Waals surface area contributed by atoms with Gasteiger partial charge in [-0.05, 0) is 63.1 Å². The molecular weight excluding hydrogens is 342 g/mol. The van der Waals surface area contributed by atoms with Crippen molar-refractivity contribution in [2.45, 2.75) is 64.6 Å². The quantitative estimate of drug-likeness (QED) is 0.607. The summed E-state index contributed by atoms with van der Waals surface area (Å²) in [4.78, 5) is 15.6. The summed E-state index contributed by atoms with van der Waals surface area (Å²) in [6.45, 7) is 7.91. The Balaban J connectivity index is 2.37. The lowest BCUT2D eigenvalue weighted by atomic mass is 9.86. The first-order valence-corrected chi connectivity index (χ1v) is 10.6. The van der Waals surface area contributed by atoms with Crippen molar-refractivity contribution in [2.24, 2.45) is 0 Å². The highest BCUT2D eigenvalue weighted by Gasteiger charge is 2.44. The van der Waals surface area contributed by atoms with Crippen molar-refractivity contribution in [3.8, 4) is 0 Å². The molecule has 1 fully saturated rings. The van der Waals surface area contributed by atoms with E-state index in [0.29, 0.717) is 0 Å². The Morgan fingerprint density at radius 1 is 1.38 bits per heavy atom. The number of nitrogens with one attached hydrogen (secondary N) is 2. The lowest BCUT2D eigenvalue weighted by Crippen LogP contribution is -2.73. The summed E-state index contributed by atoms with van der Waals surface area (Å²) in [6.07, 6.45) is 5.26. The summed E-state index contributed by atoms with van der Waals surface area (Å²) in [5.41, 5.74) is 2.88. The molecule has 1 aromatic rings. The van der Waals surface area contributed by atoms with Gasteiger partial charge in [0.2, 0.25) is 0 Å². The zero-order chi connectivity index (χ0) is 19.2. The summed E-state index contributed by atoms with van der Waals surface area (Å²) in [5.74, 6) is 1.00. The molecule has 0 aromatic heterocycles. The van der Waals surface area contributed by atoms with Gasteiger partial charge in [0.15, 0.2) is 0 Å². The van der Waals surface area contributed by atoms with E-state index in [1.807, 2.05) is 19.2 Å². The van der Waals surface area contributed by atoms with E-state index in [0.717, 1.165) is 62.1 Å². The Hall–Kier alpha value is -1.04. The van der Waals surface area contributed by atoms with Gasteiger partial charge in [-0.2, -0.15) is 12.6 Å². The number of piperazine rings is 1. The molecule has 146 valence electrons. The lowest BCUT2D eigenvalue weighted by molar-refractivity contribution is 0.0205. The molecule has 26 heavy (non-hydrogen) atoms. The van der Waals surface area contributed by atoms with E-state index in [2.05, 4.69) is 55.0 Å². The SMILES string of the molecule is CCCC[C@]1(NC)NCCN(C(=O)c2cccc(C)c2C)C1CCCS. The van der Waals surface area contributed by atoms with E-state index < -0.39 is 0 Å². The maximum absolute atomic E-state index is 13.5. The maximum Gasteiger partial charge on any atom is 0.254 e. The van der Waals surface area contributed by atoms with Crippen LogP contribution < -0.4 is 10.6 Å². The van der Waals surface area contributed by atoms with E-state index in [1.54, 1.807) is 0 Å². The third-order valence-electron chi connectivity index (χ3n) is 5.84. The average Bonchev–Trinajstić information content (AvgIpc) is 2.66. The van der Waals surface area contributed by atoms with E-state index in [1.165, 1.54) is 5.56 Å². The summed E-state index contributed by atoms with van der Waals surface area (Å²) < 4.78 is 0. The van der Waals surface area contributed by atoms with Gasteiger partial charge in [-0.15, -0.1) is 0 Å². The Labute approximate surface area is 164 Å². The maximum atomic E-state index is 13.5. The number of unbranched alkanes of at least 4 members (excludes halogenated alkanes) is 1. The van der Waals surface area contributed by atoms with E-state index in [-0.39, 0.29) is 17.6 Å². The number of hydrogen-bond donors (Lipinski definition) is 3. The number of thiol groups is 1. The number of amides is 1. The number of benzene rings is 1. The molecule has 0 bridgehead atoms. The fourth-order valence-corrected chi connectivity index (χ4v) is 4.28. The molecule has 0 spiro atoms. The highest BCUT2D eigenvalue weighted by atomic mass is 32.1. The summed E-state index contributed by atoms with van der Waals surface area (Å²) >= 11 is 4.41. The van der Waals surface area contributed by atoms with Gasteiger partial charge in [-0.3, -0.25) is 10.1 Å². The van der Waals surface area contributed by atoms with Crippen LogP contribution in [0.15, 0.2) is 18.2 Å². The van der Waals surface area contributed by atoms with Gasteiger partial charge in [-0.1, -0.05) is 31.9 Å². The van der Waals surface area contributed by atoms with Crippen LogP contribution in [0.5, 0.6) is 0 Å². The predicted molar refractivity (Wildman–Crippen MR) is 113 cm³/mol. The summed E-state index contributed by atoms with van der Waals surface area (Å²) in [6, 6.07) is 6.16. The molecule has 2 rings (SSSR count). The molecule has 0 saturated carbocycles. The van der Waals surface area contributed by atoms with Crippen molar-refractivity contribution in [3.05, 3.63) is 34.9 Å². The van der Waals surface area contributed by atoms with Crippen LogP contribution in [0, 0.1) is 13.8 Å². The number of carbonyl (C=O) groups excluding carboxylic acids is 1. The monoisotopic (exact) mass is 377 g/mol. The molecule has 0 aliphatic carbocycles. The molecule has 1 amide bonds. The van der Waals surface area contributed by atoms with Crippen molar-refractivity contribution in [3.63, 3.8) is 0 Å². The molecule has 0 radical (unpaired) electrons. The fraction of sp³-hybridized carbons (Fsp3) is 0.667. The minimum Gasteiger partial charge on any atom is -0.331 e. The van der Waals surface area contributed by atoms with Crippen LogP contribution in [0.4, 0.5) is 0 Å². The second-order valence-electron chi connectivity index (χ2n) is 7.38. The third-order valence-corrected chi connectivity index (χ3v) is 6.16. The van der Waals surface area contributed by atoms with Crippen LogP contribution in [0.1, 0.15) is 60.5 Å². The van der Waals surface area contributed by atoms with Gasteiger partial charge in [0.1, 0.15) is 0 Å². The summed E-state index contributed by atoms with van der Waals surface area (Å²) in [7, 11) is 2.02. The molecule has 1 aromatic carbocycles. The number of nitrogens with zero attached hydrogens (tertiary/aromatic N) is 1. The van der Waals surface area contributed by atoms with Crippen LogP contribution in [0.3, 0.4) is 0 Å². The highest BCUT2D eigenvalue weighted by Crippen LogP contribution is 2.29. The standard InChI is InChI=1S/C21H35N3OS/c1-5-6-12-21(22-4)19(11-8-15-26)24(14-13-23-21)20(25)18-10-7-9-16(2)17(18)3/h7,9-10,19,22-23,26H,5-6,8,11-15H2,1-4H3/t19?,21-/m0/s1. The first-order chi connectivity index (χ1) is 12.5. The fourth-order valence-electron chi connectivity index (χ4n) is 4.10. The van der Waals surface area contributed by atoms with E-state index in [9.17, 15) is 4.79 Å². The predicted octanol–water partition coefficient (Wildman–Crippen LogP) is 3.53. The smallest absolute Gasteiger partial charge is 0.254 e. The van der Waals surface area contributed by atoms with Crippen LogP contribution >= 0.6 is 12.6 Å². The summed E-state index contributed by atoms with van der Waals surface area (Å²) in [5, 5.41) is 7.25. The first kappa shape index (κ1) is 21.3. The molecular formula is C21H35N3OS.